The van der Waals surface area contributed by atoms with Gasteiger partial charge in [0.05, 0.1) is 11.7 Å². The number of nitrogens with zero attached hydrogens (tertiary/aromatic N) is 2. The van der Waals surface area contributed by atoms with E-state index < -0.39 is 0 Å². The van der Waals surface area contributed by atoms with E-state index in [1.165, 1.54) is 37.7 Å². The average molecular weight is 222 g/mol. The summed E-state index contributed by atoms with van der Waals surface area (Å²) in [6.45, 7) is 11.2. The minimum absolute atomic E-state index is 0.265. The van der Waals surface area contributed by atoms with Gasteiger partial charge >= 0.3 is 0 Å². The SMILES string of the molecule is CCCCCCC(C)(C)C1=C(C)N=NC1C. The van der Waals surface area contributed by atoms with Crippen LogP contribution in [0.4, 0.5) is 0 Å². The van der Waals surface area contributed by atoms with Gasteiger partial charge in [-0.25, -0.2) is 0 Å². The van der Waals surface area contributed by atoms with E-state index in [9.17, 15) is 0 Å². The third-order valence-corrected chi connectivity index (χ3v) is 3.57. The molecule has 2 nitrogen and oxygen atoms in total. The van der Waals surface area contributed by atoms with Crippen molar-refractivity contribution in [1.29, 1.82) is 0 Å². The van der Waals surface area contributed by atoms with Gasteiger partial charge in [0.2, 0.25) is 0 Å². The van der Waals surface area contributed by atoms with Crippen LogP contribution in [0.1, 0.15) is 66.7 Å². The van der Waals surface area contributed by atoms with E-state index in [2.05, 4.69) is 44.8 Å². The lowest BCUT2D eigenvalue weighted by molar-refractivity contribution is 0.367. The van der Waals surface area contributed by atoms with Crippen LogP contribution in [-0.2, 0) is 0 Å². The summed E-state index contributed by atoms with van der Waals surface area (Å²) >= 11 is 0. The zero-order valence-electron chi connectivity index (χ0n) is 11.5. The van der Waals surface area contributed by atoms with Crippen LogP contribution in [0, 0.1) is 5.41 Å². The number of allylic oxidation sites excluding steroid dienone is 1. The molecule has 92 valence electrons. The highest BCUT2D eigenvalue weighted by molar-refractivity contribution is 5.26. The molecule has 0 aromatic carbocycles. The first-order valence-electron chi connectivity index (χ1n) is 6.61. The summed E-state index contributed by atoms with van der Waals surface area (Å²) in [4.78, 5) is 0. The van der Waals surface area contributed by atoms with Gasteiger partial charge in [-0.3, -0.25) is 0 Å². The van der Waals surface area contributed by atoms with Crippen molar-refractivity contribution in [3.8, 4) is 0 Å². The number of hydrogen-bond acceptors (Lipinski definition) is 2. The van der Waals surface area contributed by atoms with E-state index in [-0.39, 0.29) is 5.41 Å². The molecule has 0 aliphatic carbocycles. The Morgan fingerprint density at radius 2 is 1.88 bits per heavy atom. The van der Waals surface area contributed by atoms with E-state index >= 15 is 0 Å². The van der Waals surface area contributed by atoms with Crippen molar-refractivity contribution in [1.82, 2.24) is 0 Å². The first-order valence-corrected chi connectivity index (χ1v) is 6.61. The molecule has 1 aliphatic rings. The Labute approximate surface area is 100 Å². The number of unbranched alkanes of at least 4 members (excludes halogenated alkanes) is 3. The maximum absolute atomic E-state index is 4.26. The molecule has 0 aromatic rings. The molecular weight excluding hydrogens is 196 g/mol. The Hall–Kier alpha value is -0.660. The van der Waals surface area contributed by atoms with Crippen LogP contribution in [0.2, 0.25) is 0 Å². The number of azo groups is 1. The third kappa shape index (κ3) is 3.16. The van der Waals surface area contributed by atoms with Crippen LogP contribution in [0.25, 0.3) is 0 Å². The first-order chi connectivity index (χ1) is 7.49. The highest BCUT2D eigenvalue weighted by atomic mass is 15.2. The van der Waals surface area contributed by atoms with E-state index in [4.69, 9.17) is 0 Å². The molecule has 2 heteroatoms. The van der Waals surface area contributed by atoms with Gasteiger partial charge in [-0.2, -0.15) is 10.2 Å². The summed E-state index contributed by atoms with van der Waals surface area (Å²) < 4.78 is 0. The topological polar surface area (TPSA) is 24.7 Å². The second-order valence-electron chi connectivity index (χ2n) is 5.59. The smallest absolute Gasteiger partial charge is 0.0920 e. The zero-order chi connectivity index (χ0) is 12.2. The fourth-order valence-corrected chi connectivity index (χ4v) is 2.77. The predicted octanol–water partition coefficient (Wildman–Crippen LogP) is 5.11. The second kappa shape index (κ2) is 5.60. The van der Waals surface area contributed by atoms with Crippen molar-refractivity contribution in [2.24, 2.45) is 15.6 Å². The molecule has 16 heavy (non-hydrogen) atoms. The minimum Gasteiger partial charge on any atom is -0.181 e. The van der Waals surface area contributed by atoms with E-state index in [0.717, 1.165) is 5.70 Å². The Morgan fingerprint density at radius 3 is 2.38 bits per heavy atom. The molecule has 0 saturated carbocycles. The largest absolute Gasteiger partial charge is 0.181 e. The molecule has 0 radical (unpaired) electrons. The summed E-state index contributed by atoms with van der Waals surface area (Å²) in [5.74, 6) is 0. The summed E-state index contributed by atoms with van der Waals surface area (Å²) in [6, 6.07) is 0.293. The molecule has 0 saturated heterocycles. The fourth-order valence-electron chi connectivity index (χ4n) is 2.77. The first kappa shape index (κ1) is 13.4. The van der Waals surface area contributed by atoms with E-state index in [0.29, 0.717) is 6.04 Å². The van der Waals surface area contributed by atoms with Gasteiger partial charge in [0.25, 0.3) is 0 Å². The van der Waals surface area contributed by atoms with Gasteiger partial charge in [-0.15, -0.1) is 0 Å². The van der Waals surface area contributed by atoms with Crippen LogP contribution < -0.4 is 0 Å². The van der Waals surface area contributed by atoms with Gasteiger partial charge in [-0.1, -0.05) is 46.5 Å². The highest BCUT2D eigenvalue weighted by Gasteiger charge is 2.31. The monoisotopic (exact) mass is 222 g/mol. The molecule has 1 atom stereocenters. The molecular formula is C14H26N2. The molecule has 1 aliphatic heterocycles. The van der Waals surface area contributed by atoms with Crippen LogP contribution in [0.5, 0.6) is 0 Å². The normalized spacial score (nSPS) is 20.9. The summed E-state index contributed by atoms with van der Waals surface area (Å²) in [6.07, 6.45) is 6.61. The maximum atomic E-state index is 4.26. The summed E-state index contributed by atoms with van der Waals surface area (Å²) in [5.41, 5.74) is 2.86. The Kier molecular flexibility index (Phi) is 4.69. The second-order valence-corrected chi connectivity index (χ2v) is 5.59. The Bertz CT molecular complexity index is 287. The van der Waals surface area contributed by atoms with Gasteiger partial charge in [0, 0.05) is 0 Å². The van der Waals surface area contributed by atoms with Crippen molar-refractivity contribution in [2.45, 2.75) is 72.8 Å². The summed E-state index contributed by atoms with van der Waals surface area (Å²) in [7, 11) is 0. The van der Waals surface area contributed by atoms with Crippen LogP contribution in [0.15, 0.2) is 21.5 Å². The molecule has 0 bridgehead atoms. The van der Waals surface area contributed by atoms with Crippen LogP contribution in [0.3, 0.4) is 0 Å². The lowest BCUT2D eigenvalue weighted by atomic mass is 9.76. The molecule has 1 heterocycles. The van der Waals surface area contributed by atoms with Crippen molar-refractivity contribution in [2.75, 3.05) is 0 Å². The lowest BCUT2D eigenvalue weighted by Crippen LogP contribution is -2.21. The summed E-state index contributed by atoms with van der Waals surface area (Å²) in [5, 5.41) is 8.47. The minimum atomic E-state index is 0.265. The highest BCUT2D eigenvalue weighted by Crippen LogP contribution is 2.40. The zero-order valence-corrected chi connectivity index (χ0v) is 11.5. The van der Waals surface area contributed by atoms with Gasteiger partial charge < -0.3 is 0 Å². The quantitative estimate of drug-likeness (QED) is 0.558. The van der Waals surface area contributed by atoms with Crippen molar-refractivity contribution < 1.29 is 0 Å². The maximum Gasteiger partial charge on any atom is 0.0920 e. The molecule has 0 amide bonds. The molecule has 0 N–H and O–H groups in total. The van der Waals surface area contributed by atoms with Gasteiger partial charge in [0.1, 0.15) is 0 Å². The van der Waals surface area contributed by atoms with Crippen molar-refractivity contribution in [3.63, 3.8) is 0 Å². The molecule has 1 unspecified atom stereocenters. The molecule has 0 fully saturated rings. The van der Waals surface area contributed by atoms with Crippen LogP contribution in [-0.4, -0.2) is 6.04 Å². The standard InChI is InChI=1S/C14H26N2/c1-6-7-8-9-10-14(4,5)13-11(2)15-16-12(13)3/h11H,6-10H2,1-5H3. The third-order valence-electron chi connectivity index (χ3n) is 3.57. The number of rotatable bonds is 6. The predicted molar refractivity (Wildman–Crippen MR) is 69.6 cm³/mol. The van der Waals surface area contributed by atoms with Crippen molar-refractivity contribution >= 4 is 0 Å². The molecule has 1 rings (SSSR count). The number of hydrogen-bond donors (Lipinski definition) is 0. The van der Waals surface area contributed by atoms with Crippen molar-refractivity contribution in [3.05, 3.63) is 11.3 Å². The van der Waals surface area contributed by atoms with E-state index in [1.807, 2.05) is 0 Å². The Balaban J connectivity index is 2.54. The molecule has 0 aromatic heterocycles. The fraction of sp³-hybridized carbons (Fsp3) is 0.857. The Morgan fingerprint density at radius 1 is 1.19 bits per heavy atom. The van der Waals surface area contributed by atoms with Crippen LogP contribution >= 0.6 is 0 Å². The van der Waals surface area contributed by atoms with Gasteiger partial charge in [-0.05, 0) is 31.3 Å². The van der Waals surface area contributed by atoms with Gasteiger partial charge in [0.15, 0.2) is 0 Å². The van der Waals surface area contributed by atoms with E-state index in [1.54, 1.807) is 0 Å². The average Bonchev–Trinajstić information content (AvgIpc) is 2.54. The molecule has 0 spiro atoms. The lowest BCUT2D eigenvalue weighted by Gasteiger charge is -2.28.